The zero-order valence-electron chi connectivity index (χ0n) is 22.3. The number of nitrogens with one attached hydrogen (secondary N) is 1. The minimum atomic E-state index is -0.725. The number of carboxylic acids is 1. The predicted octanol–water partition coefficient (Wildman–Crippen LogP) is 2.16. The summed E-state index contributed by atoms with van der Waals surface area (Å²) in [5.41, 5.74) is 6.12. The number of amides is 1. The van der Waals surface area contributed by atoms with Crippen molar-refractivity contribution in [2.45, 2.75) is 89.6 Å². The van der Waals surface area contributed by atoms with Crippen LogP contribution >= 0.6 is 0 Å². The smallest absolute Gasteiger partial charge is 0.306 e. The third-order valence-corrected chi connectivity index (χ3v) is 7.95. The lowest BCUT2D eigenvalue weighted by molar-refractivity contribution is -0.142. The van der Waals surface area contributed by atoms with Crippen LogP contribution in [0.5, 0.6) is 0 Å². The van der Waals surface area contributed by atoms with E-state index in [0.29, 0.717) is 50.2 Å². The van der Waals surface area contributed by atoms with Gasteiger partial charge < -0.3 is 30.9 Å². The van der Waals surface area contributed by atoms with Crippen LogP contribution in [0, 0.1) is 5.92 Å². The first kappa shape index (κ1) is 27.3. The molecule has 1 amide bonds. The van der Waals surface area contributed by atoms with Gasteiger partial charge in [-0.05, 0) is 44.9 Å². The van der Waals surface area contributed by atoms with E-state index in [9.17, 15) is 14.7 Å². The van der Waals surface area contributed by atoms with Gasteiger partial charge in [0, 0.05) is 57.8 Å². The SMILES string of the molecule is CCCCCCC(=O)NC1CCN(c2nc(N3CCC(N)CC3)nc(N3CCC(C(=O)O)CC3)n2)CC1. The molecule has 1 aromatic rings. The summed E-state index contributed by atoms with van der Waals surface area (Å²) in [6.45, 7) is 6.60. The summed E-state index contributed by atoms with van der Waals surface area (Å²) >= 11 is 0. The normalized spacial score (nSPS) is 20.3. The zero-order chi connectivity index (χ0) is 26.2. The lowest BCUT2D eigenvalue weighted by Gasteiger charge is -2.35. The van der Waals surface area contributed by atoms with Crippen molar-refractivity contribution in [2.75, 3.05) is 54.0 Å². The van der Waals surface area contributed by atoms with Crippen LogP contribution in [0.1, 0.15) is 77.6 Å². The standard InChI is InChI=1S/C26H44N8O3/c1-2-3-4-5-6-22(35)28-21-11-17-34(18-12-21)26-30-24(32-13-7-19(8-14-32)23(36)37)29-25(31-26)33-15-9-20(27)10-16-33/h19-21H,2-18,27H2,1H3,(H,28,35)(H,36,37). The molecule has 11 nitrogen and oxygen atoms in total. The van der Waals surface area contributed by atoms with Crippen molar-refractivity contribution in [1.29, 1.82) is 0 Å². The second kappa shape index (κ2) is 13.2. The molecule has 0 bridgehead atoms. The van der Waals surface area contributed by atoms with Gasteiger partial charge in [-0.2, -0.15) is 15.0 Å². The van der Waals surface area contributed by atoms with E-state index in [4.69, 9.17) is 20.7 Å². The van der Waals surface area contributed by atoms with Gasteiger partial charge in [0.2, 0.25) is 23.8 Å². The van der Waals surface area contributed by atoms with Crippen LogP contribution < -0.4 is 25.8 Å². The second-order valence-electron chi connectivity index (χ2n) is 10.8. The van der Waals surface area contributed by atoms with Gasteiger partial charge in [-0.25, -0.2) is 0 Å². The van der Waals surface area contributed by atoms with Gasteiger partial charge in [0.15, 0.2) is 0 Å². The number of anilines is 3. The van der Waals surface area contributed by atoms with Crippen molar-refractivity contribution in [1.82, 2.24) is 20.3 Å². The highest BCUT2D eigenvalue weighted by Gasteiger charge is 2.29. The van der Waals surface area contributed by atoms with Crippen LogP contribution in [0.4, 0.5) is 17.8 Å². The summed E-state index contributed by atoms with van der Waals surface area (Å²) in [6.07, 6.45) is 9.76. The molecule has 3 saturated heterocycles. The van der Waals surface area contributed by atoms with Crippen LogP contribution in [0.2, 0.25) is 0 Å². The molecule has 3 aliphatic rings. The lowest BCUT2D eigenvalue weighted by Crippen LogP contribution is -2.46. The minimum absolute atomic E-state index is 0.160. The molecule has 3 fully saturated rings. The average Bonchev–Trinajstić information content (AvgIpc) is 2.92. The molecule has 1 aromatic heterocycles. The van der Waals surface area contributed by atoms with Crippen molar-refractivity contribution in [2.24, 2.45) is 11.7 Å². The Bertz CT molecular complexity index is 892. The number of carbonyl (C=O) groups is 2. The van der Waals surface area contributed by atoms with E-state index in [1.807, 2.05) is 0 Å². The summed E-state index contributed by atoms with van der Waals surface area (Å²) in [4.78, 5) is 44.8. The molecule has 4 N–H and O–H groups in total. The van der Waals surface area contributed by atoms with Crippen LogP contribution in [-0.2, 0) is 9.59 Å². The molecule has 0 aliphatic carbocycles. The topological polar surface area (TPSA) is 141 Å². The van der Waals surface area contributed by atoms with Gasteiger partial charge in [-0.15, -0.1) is 0 Å². The molecule has 0 spiro atoms. The number of nitrogens with two attached hydrogens (primary N) is 1. The maximum Gasteiger partial charge on any atom is 0.306 e. The summed E-state index contributed by atoms with van der Waals surface area (Å²) in [5.74, 6) is 1.10. The molecular weight excluding hydrogens is 472 g/mol. The molecule has 11 heteroatoms. The Balaban J connectivity index is 1.40. The summed E-state index contributed by atoms with van der Waals surface area (Å²) < 4.78 is 0. The third-order valence-electron chi connectivity index (χ3n) is 7.95. The van der Waals surface area contributed by atoms with Crippen LogP contribution in [0.25, 0.3) is 0 Å². The fourth-order valence-electron chi connectivity index (χ4n) is 5.43. The monoisotopic (exact) mass is 516 g/mol. The summed E-state index contributed by atoms with van der Waals surface area (Å²) in [5, 5.41) is 12.6. The Morgan fingerprint density at radius 2 is 1.30 bits per heavy atom. The van der Waals surface area contributed by atoms with E-state index in [2.05, 4.69) is 26.9 Å². The number of piperidine rings is 3. The maximum absolute atomic E-state index is 12.3. The quantitative estimate of drug-likeness (QED) is 0.396. The molecule has 0 atom stereocenters. The first-order valence-corrected chi connectivity index (χ1v) is 14.2. The van der Waals surface area contributed by atoms with Crippen molar-refractivity contribution in [3.63, 3.8) is 0 Å². The fraction of sp³-hybridized carbons (Fsp3) is 0.808. The van der Waals surface area contributed by atoms with E-state index in [-0.39, 0.29) is 23.9 Å². The largest absolute Gasteiger partial charge is 0.481 e. The molecule has 0 radical (unpaired) electrons. The van der Waals surface area contributed by atoms with Crippen LogP contribution in [0.3, 0.4) is 0 Å². The molecule has 0 aromatic carbocycles. The Labute approximate surface area is 220 Å². The summed E-state index contributed by atoms with van der Waals surface area (Å²) in [7, 11) is 0. The van der Waals surface area contributed by atoms with Gasteiger partial charge in [0.05, 0.1) is 5.92 Å². The van der Waals surface area contributed by atoms with Gasteiger partial charge in [0.1, 0.15) is 0 Å². The van der Waals surface area contributed by atoms with E-state index in [1.165, 1.54) is 12.8 Å². The van der Waals surface area contributed by atoms with Crippen molar-refractivity contribution in [3.8, 4) is 0 Å². The fourth-order valence-corrected chi connectivity index (χ4v) is 5.43. The van der Waals surface area contributed by atoms with Gasteiger partial charge in [-0.1, -0.05) is 26.2 Å². The minimum Gasteiger partial charge on any atom is -0.481 e. The maximum atomic E-state index is 12.3. The molecule has 3 aliphatic heterocycles. The average molecular weight is 517 g/mol. The Hall–Kier alpha value is -2.69. The Morgan fingerprint density at radius 1 is 0.811 bits per heavy atom. The number of aliphatic carboxylic acids is 1. The molecular formula is C26H44N8O3. The van der Waals surface area contributed by atoms with E-state index < -0.39 is 5.97 Å². The van der Waals surface area contributed by atoms with Crippen molar-refractivity contribution < 1.29 is 14.7 Å². The molecule has 4 rings (SSSR count). The highest BCUT2D eigenvalue weighted by Crippen LogP contribution is 2.27. The molecule has 4 heterocycles. The highest BCUT2D eigenvalue weighted by atomic mass is 16.4. The highest BCUT2D eigenvalue weighted by molar-refractivity contribution is 5.76. The van der Waals surface area contributed by atoms with Gasteiger partial charge in [0.25, 0.3) is 0 Å². The Morgan fingerprint density at radius 3 is 1.78 bits per heavy atom. The van der Waals surface area contributed by atoms with Crippen LogP contribution in [-0.4, -0.2) is 83.3 Å². The third kappa shape index (κ3) is 7.66. The molecule has 0 saturated carbocycles. The van der Waals surface area contributed by atoms with Crippen molar-refractivity contribution >= 4 is 29.7 Å². The molecule has 206 valence electrons. The number of nitrogens with zero attached hydrogens (tertiary/aromatic N) is 6. The van der Waals surface area contributed by atoms with Gasteiger partial charge >= 0.3 is 5.97 Å². The number of aromatic nitrogens is 3. The number of carboxylic acid groups (broad SMARTS) is 1. The second-order valence-corrected chi connectivity index (χ2v) is 10.8. The predicted molar refractivity (Wildman–Crippen MR) is 144 cm³/mol. The number of hydrogen-bond acceptors (Lipinski definition) is 9. The van der Waals surface area contributed by atoms with Crippen molar-refractivity contribution in [3.05, 3.63) is 0 Å². The van der Waals surface area contributed by atoms with Gasteiger partial charge in [-0.3, -0.25) is 9.59 Å². The number of carbonyl (C=O) groups excluding carboxylic acids is 1. The first-order valence-electron chi connectivity index (χ1n) is 14.2. The Kier molecular flexibility index (Phi) is 9.76. The van der Waals surface area contributed by atoms with Crippen LogP contribution in [0.15, 0.2) is 0 Å². The summed E-state index contributed by atoms with van der Waals surface area (Å²) in [6, 6.07) is 0.405. The number of hydrogen-bond donors (Lipinski definition) is 3. The first-order chi connectivity index (χ1) is 17.9. The van der Waals surface area contributed by atoms with E-state index in [1.54, 1.807) is 0 Å². The lowest BCUT2D eigenvalue weighted by atomic mass is 9.97. The van der Waals surface area contributed by atoms with E-state index in [0.717, 1.165) is 64.7 Å². The molecule has 37 heavy (non-hydrogen) atoms. The van der Waals surface area contributed by atoms with E-state index >= 15 is 0 Å². The number of rotatable bonds is 10. The molecule has 0 unspecified atom stereocenters. The zero-order valence-corrected chi connectivity index (χ0v) is 22.3. The number of unbranched alkanes of at least 4 members (excludes halogenated alkanes) is 3.